The average Bonchev–Trinajstić information content (AvgIpc) is 2.79. The SMILES string of the molecule is O=[N+]([O-])c1cccnc1NCc1cscn1. The number of rotatable bonds is 4. The van der Waals surface area contributed by atoms with Crippen molar-refractivity contribution in [2.45, 2.75) is 6.54 Å². The Morgan fingerprint density at radius 2 is 2.38 bits per heavy atom. The highest BCUT2D eigenvalue weighted by Crippen LogP contribution is 2.20. The highest BCUT2D eigenvalue weighted by molar-refractivity contribution is 7.07. The lowest BCUT2D eigenvalue weighted by atomic mass is 10.4. The summed E-state index contributed by atoms with van der Waals surface area (Å²) >= 11 is 1.48. The van der Waals surface area contributed by atoms with Crippen LogP contribution in [0, 0.1) is 10.1 Å². The minimum absolute atomic E-state index is 0.0299. The van der Waals surface area contributed by atoms with Crippen LogP contribution in [-0.2, 0) is 6.54 Å². The summed E-state index contributed by atoms with van der Waals surface area (Å²) in [6.07, 6.45) is 1.51. The van der Waals surface area contributed by atoms with Gasteiger partial charge < -0.3 is 5.32 Å². The van der Waals surface area contributed by atoms with Crippen LogP contribution in [0.1, 0.15) is 5.69 Å². The van der Waals surface area contributed by atoms with Crippen molar-refractivity contribution in [3.8, 4) is 0 Å². The van der Waals surface area contributed by atoms with E-state index < -0.39 is 4.92 Å². The molecule has 0 radical (unpaired) electrons. The zero-order chi connectivity index (χ0) is 11.4. The van der Waals surface area contributed by atoms with Crippen molar-refractivity contribution in [2.24, 2.45) is 0 Å². The monoisotopic (exact) mass is 236 g/mol. The van der Waals surface area contributed by atoms with Gasteiger partial charge in [0.15, 0.2) is 0 Å². The zero-order valence-electron chi connectivity index (χ0n) is 8.16. The third kappa shape index (κ3) is 2.31. The van der Waals surface area contributed by atoms with E-state index in [4.69, 9.17) is 0 Å². The highest BCUT2D eigenvalue weighted by atomic mass is 32.1. The zero-order valence-corrected chi connectivity index (χ0v) is 8.98. The summed E-state index contributed by atoms with van der Waals surface area (Å²) in [6, 6.07) is 2.95. The lowest BCUT2D eigenvalue weighted by Gasteiger charge is -2.03. The first kappa shape index (κ1) is 10.5. The van der Waals surface area contributed by atoms with E-state index >= 15 is 0 Å². The Labute approximate surface area is 95.1 Å². The second-order valence-corrected chi connectivity index (χ2v) is 3.68. The number of nitrogens with zero attached hydrogens (tertiary/aromatic N) is 3. The Kier molecular flexibility index (Phi) is 3.06. The maximum Gasteiger partial charge on any atom is 0.311 e. The van der Waals surface area contributed by atoms with Crippen molar-refractivity contribution >= 4 is 22.8 Å². The van der Waals surface area contributed by atoms with Gasteiger partial charge in [-0.1, -0.05) is 0 Å². The Hall–Kier alpha value is -2.02. The maximum absolute atomic E-state index is 10.7. The minimum Gasteiger partial charge on any atom is -0.359 e. The van der Waals surface area contributed by atoms with Gasteiger partial charge in [0, 0.05) is 17.6 Å². The van der Waals surface area contributed by atoms with Crippen LogP contribution in [0.25, 0.3) is 0 Å². The minimum atomic E-state index is -0.462. The molecule has 0 spiro atoms. The molecule has 16 heavy (non-hydrogen) atoms. The third-order valence-corrected chi connectivity index (χ3v) is 2.54. The Morgan fingerprint density at radius 1 is 1.50 bits per heavy atom. The Bertz CT molecular complexity index is 486. The van der Waals surface area contributed by atoms with Crippen LogP contribution < -0.4 is 5.32 Å². The summed E-state index contributed by atoms with van der Waals surface area (Å²) in [5.41, 5.74) is 2.52. The molecule has 0 unspecified atom stereocenters. The van der Waals surface area contributed by atoms with Crippen molar-refractivity contribution in [2.75, 3.05) is 5.32 Å². The molecule has 0 amide bonds. The number of thiazole rings is 1. The molecule has 2 rings (SSSR count). The van der Waals surface area contributed by atoms with Gasteiger partial charge >= 0.3 is 5.69 Å². The maximum atomic E-state index is 10.7. The van der Waals surface area contributed by atoms with Gasteiger partial charge in [-0.25, -0.2) is 9.97 Å². The summed E-state index contributed by atoms with van der Waals surface area (Å²) < 4.78 is 0. The summed E-state index contributed by atoms with van der Waals surface area (Å²) in [4.78, 5) is 18.2. The molecule has 2 aromatic rings. The molecular formula is C9H8N4O2S. The summed E-state index contributed by atoms with van der Waals surface area (Å²) in [5, 5.41) is 15.5. The fourth-order valence-electron chi connectivity index (χ4n) is 1.18. The summed E-state index contributed by atoms with van der Waals surface area (Å²) in [6.45, 7) is 0.432. The van der Waals surface area contributed by atoms with E-state index in [9.17, 15) is 10.1 Å². The van der Waals surface area contributed by atoms with Crippen LogP contribution in [0.4, 0.5) is 11.5 Å². The van der Waals surface area contributed by atoms with Crippen LogP contribution in [-0.4, -0.2) is 14.9 Å². The quantitative estimate of drug-likeness (QED) is 0.649. The van der Waals surface area contributed by atoms with Gasteiger partial charge in [0.1, 0.15) is 0 Å². The fourth-order valence-corrected chi connectivity index (χ4v) is 1.74. The molecule has 82 valence electrons. The topological polar surface area (TPSA) is 81.0 Å². The van der Waals surface area contributed by atoms with Gasteiger partial charge in [0.25, 0.3) is 0 Å². The Morgan fingerprint density at radius 3 is 3.06 bits per heavy atom. The van der Waals surface area contributed by atoms with Crippen molar-refractivity contribution < 1.29 is 4.92 Å². The molecule has 2 heterocycles. The van der Waals surface area contributed by atoms with Crippen LogP contribution in [0.2, 0.25) is 0 Å². The number of nitro groups is 1. The predicted octanol–water partition coefficient (Wildman–Crippen LogP) is 2.06. The molecule has 0 fully saturated rings. The molecule has 6 nitrogen and oxygen atoms in total. The largest absolute Gasteiger partial charge is 0.359 e. The molecule has 2 aromatic heterocycles. The van der Waals surface area contributed by atoms with E-state index in [1.54, 1.807) is 5.51 Å². The second-order valence-electron chi connectivity index (χ2n) is 2.96. The molecule has 0 aliphatic carbocycles. The smallest absolute Gasteiger partial charge is 0.311 e. The van der Waals surface area contributed by atoms with Gasteiger partial charge in [-0.15, -0.1) is 11.3 Å². The fraction of sp³-hybridized carbons (Fsp3) is 0.111. The first-order valence-electron chi connectivity index (χ1n) is 4.47. The standard InChI is InChI=1S/C9H8N4O2S/c14-13(15)8-2-1-3-10-9(8)11-4-7-5-16-6-12-7/h1-3,5-6H,4H2,(H,10,11). The molecular weight excluding hydrogens is 228 g/mol. The van der Waals surface area contributed by atoms with Crippen molar-refractivity contribution in [3.05, 3.63) is 45.0 Å². The van der Waals surface area contributed by atoms with Gasteiger partial charge in [-0.05, 0) is 6.07 Å². The van der Waals surface area contributed by atoms with Crippen LogP contribution in [0.15, 0.2) is 29.2 Å². The second kappa shape index (κ2) is 4.67. The molecule has 0 aromatic carbocycles. The van der Waals surface area contributed by atoms with Crippen LogP contribution in [0.5, 0.6) is 0 Å². The predicted molar refractivity (Wildman–Crippen MR) is 60.3 cm³/mol. The Balaban J connectivity index is 2.12. The molecule has 0 saturated heterocycles. The number of nitrogens with one attached hydrogen (secondary N) is 1. The van der Waals surface area contributed by atoms with Crippen LogP contribution >= 0.6 is 11.3 Å². The number of pyridine rings is 1. The summed E-state index contributed by atoms with van der Waals surface area (Å²) in [5.74, 6) is 0.264. The lowest BCUT2D eigenvalue weighted by Crippen LogP contribution is -2.04. The van der Waals surface area contributed by atoms with E-state index in [1.807, 2.05) is 5.38 Å². The van der Waals surface area contributed by atoms with E-state index in [0.29, 0.717) is 6.54 Å². The molecule has 0 bridgehead atoms. The molecule has 0 aliphatic rings. The van der Waals surface area contributed by atoms with Crippen molar-refractivity contribution in [1.29, 1.82) is 0 Å². The third-order valence-electron chi connectivity index (χ3n) is 1.90. The molecule has 0 saturated carbocycles. The van der Waals surface area contributed by atoms with E-state index in [-0.39, 0.29) is 11.5 Å². The van der Waals surface area contributed by atoms with Crippen molar-refractivity contribution in [3.63, 3.8) is 0 Å². The number of hydrogen-bond donors (Lipinski definition) is 1. The van der Waals surface area contributed by atoms with Crippen LogP contribution in [0.3, 0.4) is 0 Å². The molecule has 1 N–H and O–H groups in total. The molecule has 0 atom stereocenters. The van der Waals surface area contributed by atoms with Crippen molar-refractivity contribution in [1.82, 2.24) is 9.97 Å². The van der Waals surface area contributed by atoms with E-state index in [1.165, 1.54) is 29.7 Å². The first-order valence-corrected chi connectivity index (χ1v) is 5.42. The molecule has 0 aliphatic heterocycles. The summed E-state index contributed by atoms with van der Waals surface area (Å²) in [7, 11) is 0. The van der Waals surface area contributed by atoms with Gasteiger partial charge in [0.05, 0.1) is 22.7 Å². The van der Waals surface area contributed by atoms with Gasteiger partial charge in [0.2, 0.25) is 5.82 Å². The van der Waals surface area contributed by atoms with Gasteiger partial charge in [-0.3, -0.25) is 10.1 Å². The van der Waals surface area contributed by atoms with E-state index in [2.05, 4.69) is 15.3 Å². The first-order chi connectivity index (χ1) is 7.77. The highest BCUT2D eigenvalue weighted by Gasteiger charge is 2.13. The number of anilines is 1. The lowest BCUT2D eigenvalue weighted by molar-refractivity contribution is -0.384. The number of hydrogen-bond acceptors (Lipinski definition) is 6. The number of aromatic nitrogens is 2. The van der Waals surface area contributed by atoms with E-state index in [0.717, 1.165) is 5.69 Å². The normalized spacial score (nSPS) is 10.0. The molecule has 7 heteroatoms. The average molecular weight is 236 g/mol. The van der Waals surface area contributed by atoms with Gasteiger partial charge in [-0.2, -0.15) is 0 Å².